The molecular formula is C14H26N4. The Morgan fingerprint density at radius 2 is 1.94 bits per heavy atom. The normalized spacial score (nSPS) is 19.1. The standard InChI is InChI=1S/C14H26N4/c1-12(2)16-14-15-7-10-18(14)11-13(3)17-8-5-4-6-9-17/h7,10,12-13H,4-6,8-9,11H2,1-3H3,(H,15,16). The first kappa shape index (κ1) is 13.4. The van der Waals surface area contributed by atoms with Gasteiger partial charge in [0.25, 0.3) is 0 Å². The Hall–Kier alpha value is -1.03. The molecule has 0 aromatic carbocycles. The zero-order valence-electron chi connectivity index (χ0n) is 11.9. The molecule has 1 aliphatic heterocycles. The van der Waals surface area contributed by atoms with E-state index in [-0.39, 0.29) is 0 Å². The lowest BCUT2D eigenvalue weighted by molar-refractivity contribution is 0.160. The van der Waals surface area contributed by atoms with Gasteiger partial charge in [-0.1, -0.05) is 6.42 Å². The van der Waals surface area contributed by atoms with E-state index in [9.17, 15) is 0 Å². The maximum absolute atomic E-state index is 4.39. The predicted molar refractivity (Wildman–Crippen MR) is 75.9 cm³/mol. The van der Waals surface area contributed by atoms with Crippen molar-refractivity contribution in [3.05, 3.63) is 12.4 Å². The van der Waals surface area contributed by atoms with Crippen molar-refractivity contribution in [1.29, 1.82) is 0 Å². The molecule has 0 aliphatic carbocycles. The van der Waals surface area contributed by atoms with E-state index < -0.39 is 0 Å². The first-order valence-electron chi connectivity index (χ1n) is 7.18. The van der Waals surface area contributed by atoms with Gasteiger partial charge >= 0.3 is 0 Å². The zero-order chi connectivity index (χ0) is 13.0. The summed E-state index contributed by atoms with van der Waals surface area (Å²) in [5, 5.41) is 3.39. The molecule has 0 amide bonds. The second-order valence-electron chi connectivity index (χ2n) is 5.65. The van der Waals surface area contributed by atoms with Crippen molar-refractivity contribution in [3.63, 3.8) is 0 Å². The molecule has 1 unspecified atom stereocenters. The van der Waals surface area contributed by atoms with E-state index in [1.54, 1.807) is 0 Å². The summed E-state index contributed by atoms with van der Waals surface area (Å²) in [4.78, 5) is 6.99. The van der Waals surface area contributed by atoms with Gasteiger partial charge in [-0.2, -0.15) is 0 Å². The Balaban J connectivity index is 1.93. The highest BCUT2D eigenvalue weighted by atomic mass is 15.2. The number of nitrogens with zero attached hydrogens (tertiary/aromatic N) is 3. The molecule has 0 saturated carbocycles. The van der Waals surface area contributed by atoms with Crippen LogP contribution in [0.3, 0.4) is 0 Å². The minimum absolute atomic E-state index is 0.427. The first-order chi connectivity index (χ1) is 8.66. The Kier molecular flexibility index (Phi) is 4.64. The van der Waals surface area contributed by atoms with Crippen LogP contribution in [0.5, 0.6) is 0 Å². The molecule has 1 aromatic rings. The fraction of sp³-hybridized carbons (Fsp3) is 0.786. The van der Waals surface area contributed by atoms with Crippen molar-refractivity contribution in [1.82, 2.24) is 14.5 Å². The van der Waals surface area contributed by atoms with Crippen LogP contribution in [0.2, 0.25) is 0 Å². The van der Waals surface area contributed by atoms with Crippen LogP contribution in [0.1, 0.15) is 40.0 Å². The van der Waals surface area contributed by atoms with Crippen LogP contribution in [0, 0.1) is 0 Å². The van der Waals surface area contributed by atoms with E-state index >= 15 is 0 Å². The van der Waals surface area contributed by atoms with E-state index in [4.69, 9.17) is 0 Å². The molecule has 18 heavy (non-hydrogen) atoms. The van der Waals surface area contributed by atoms with Crippen LogP contribution in [-0.2, 0) is 6.54 Å². The van der Waals surface area contributed by atoms with Gasteiger partial charge in [-0.3, -0.25) is 4.90 Å². The maximum Gasteiger partial charge on any atom is 0.203 e. The van der Waals surface area contributed by atoms with E-state index in [0.717, 1.165) is 12.5 Å². The highest BCUT2D eigenvalue weighted by Gasteiger charge is 2.17. The maximum atomic E-state index is 4.39. The summed E-state index contributed by atoms with van der Waals surface area (Å²) < 4.78 is 2.24. The number of rotatable bonds is 5. The van der Waals surface area contributed by atoms with Gasteiger partial charge in [0.1, 0.15) is 0 Å². The Morgan fingerprint density at radius 1 is 1.22 bits per heavy atom. The van der Waals surface area contributed by atoms with Crippen molar-refractivity contribution in [3.8, 4) is 0 Å². The smallest absolute Gasteiger partial charge is 0.203 e. The van der Waals surface area contributed by atoms with Crippen LogP contribution in [0.25, 0.3) is 0 Å². The third-order valence-corrected chi connectivity index (χ3v) is 3.61. The highest BCUT2D eigenvalue weighted by molar-refractivity contribution is 5.26. The molecule has 0 radical (unpaired) electrons. The van der Waals surface area contributed by atoms with E-state index in [2.05, 4.69) is 46.7 Å². The molecule has 4 nitrogen and oxygen atoms in total. The van der Waals surface area contributed by atoms with Gasteiger partial charge in [-0.25, -0.2) is 4.98 Å². The average molecular weight is 250 g/mol. The molecule has 1 aliphatic rings. The third kappa shape index (κ3) is 3.48. The van der Waals surface area contributed by atoms with Crippen LogP contribution < -0.4 is 5.32 Å². The molecule has 2 rings (SSSR count). The van der Waals surface area contributed by atoms with Gasteiger partial charge in [0, 0.05) is 31.0 Å². The number of aromatic nitrogens is 2. The van der Waals surface area contributed by atoms with E-state index in [1.165, 1.54) is 32.4 Å². The second-order valence-corrected chi connectivity index (χ2v) is 5.65. The van der Waals surface area contributed by atoms with Crippen molar-refractivity contribution < 1.29 is 0 Å². The number of hydrogen-bond donors (Lipinski definition) is 1. The van der Waals surface area contributed by atoms with Crippen molar-refractivity contribution in [2.75, 3.05) is 18.4 Å². The molecular weight excluding hydrogens is 224 g/mol. The monoisotopic (exact) mass is 250 g/mol. The fourth-order valence-corrected chi connectivity index (χ4v) is 2.61. The van der Waals surface area contributed by atoms with Gasteiger partial charge < -0.3 is 9.88 Å². The van der Waals surface area contributed by atoms with E-state index in [1.807, 2.05) is 6.20 Å². The Morgan fingerprint density at radius 3 is 2.61 bits per heavy atom. The van der Waals surface area contributed by atoms with Crippen LogP contribution in [0.4, 0.5) is 5.95 Å². The number of piperidine rings is 1. The lowest BCUT2D eigenvalue weighted by atomic mass is 10.1. The first-order valence-corrected chi connectivity index (χ1v) is 7.18. The summed E-state index contributed by atoms with van der Waals surface area (Å²) >= 11 is 0. The Bertz CT molecular complexity index is 352. The summed E-state index contributed by atoms with van der Waals surface area (Å²) in [6.45, 7) is 10.1. The minimum Gasteiger partial charge on any atom is -0.353 e. The number of anilines is 1. The topological polar surface area (TPSA) is 33.1 Å². The lowest BCUT2D eigenvalue weighted by Crippen LogP contribution is -2.39. The number of imidazole rings is 1. The van der Waals surface area contributed by atoms with Crippen molar-refractivity contribution in [2.24, 2.45) is 0 Å². The third-order valence-electron chi connectivity index (χ3n) is 3.61. The van der Waals surface area contributed by atoms with Crippen molar-refractivity contribution >= 4 is 5.95 Å². The fourth-order valence-electron chi connectivity index (χ4n) is 2.61. The molecule has 1 saturated heterocycles. The van der Waals surface area contributed by atoms with Gasteiger partial charge in [0.05, 0.1) is 0 Å². The molecule has 2 heterocycles. The average Bonchev–Trinajstić information content (AvgIpc) is 2.77. The summed E-state index contributed by atoms with van der Waals surface area (Å²) in [6, 6.07) is 1.02. The largest absolute Gasteiger partial charge is 0.353 e. The van der Waals surface area contributed by atoms with Crippen LogP contribution in [-0.4, -0.2) is 39.6 Å². The number of hydrogen-bond acceptors (Lipinski definition) is 3. The molecule has 1 N–H and O–H groups in total. The minimum atomic E-state index is 0.427. The molecule has 1 aromatic heterocycles. The quantitative estimate of drug-likeness (QED) is 0.872. The highest BCUT2D eigenvalue weighted by Crippen LogP contribution is 2.15. The predicted octanol–water partition coefficient (Wildman–Crippen LogP) is 2.58. The summed E-state index contributed by atoms with van der Waals surface area (Å²) in [5.41, 5.74) is 0. The SMILES string of the molecule is CC(C)Nc1nccn1CC(C)N1CCCCC1. The van der Waals surface area contributed by atoms with Gasteiger partial charge in [0.15, 0.2) is 0 Å². The molecule has 102 valence electrons. The van der Waals surface area contributed by atoms with Crippen LogP contribution in [0.15, 0.2) is 12.4 Å². The zero-order valence-corrected chi connectivity index (χ0v) is 11.9. The molecule has 0 bridgehead atoms. The number of likely N-dealkylation sites (tertiary alicyclic amines) is 1. The van der Waals surface area contributed by atoms with Crippen molar-refractivity contribution in [2.45, 2.75) is 58.7 Å². The molecule has 1 atom stereocenters. The summed E-state index contributed by atoms with van der Waals surface area (Å²) in [5.74, 6) is 0.994. The number of nitrogens with one attached hydrogen (secondary N) is 1. The molecule has 0 spiro atoms. The van der Waals surface area contributed by atoms with Gasteiger partial charge in [-0.15, -0.1) is 0 Å². The molecule has 4 heteroatoms. The summed E-state index contributed by atoms with van der Waals surface area (Å²) in [6.07, 6.45) is 8.06. The Labute approximate surface area is 110 Å². The molecule has 1 fully saturated rings. The van der Waals surface area contributed by atoms with Gasteiger partial charge in [0.2, 0.25) is 5.95 Å². The van der Waals surface area contributed by atoms with E-state index in [0.29, 0.717) is 12.1 Å². The second kappa shape index (κ2) is 6.23. The van der Waals surface area contributed by atoms with Gasteiger partial charge in [-0.05, 0) is 46.7 Å². The lowest BCUT2D eigenvalue weighted by Gasteiger charge is -2.32. The van der Waals surface area contributed by atoms with Crippen LogP contribution >= 0.6 is 0 Å². The summed E-state index contributed by atoms with van der Waals surface area (Å²) in [7, 11) is 0.